The summed E-state index contributed by atoms with van der Waals surface area (Å²) < 4.78 is 7.58. The van der Waals surface area contributed by atoms with E-state index in [1.165, 1.54) is 0 Å². The van der Waals surface area contributed by atoms with Crippen molar-refractivity contribution in [1.29, 1.82) is 0 Å². The molecule has 17 heavy (non-hydrogen) atoms. The zero-order valence-corrected chi connectivity index (χ0v) is 12.7. The molecule has 1 aliphatic rings. The molecule has 1 aromatic heterocycles. The lowest BCUT2D eigenvalue weighted by molar-refractivity contribution is 0.214. The Morgan fingerprint density at radius 2 is 2.35 bits per heavy atom. The van der Waals surface area contributed by atoms with Gasteiger partial charge in [0, 0.05) is 21.6 Å². The van der Waals surface area contributed by atoms with E-state index in [0.29, 0.717) is 0 Å². The topological polar surface area (TPSA) is 34.1 Å². The molecule has 0 aromatic carbocycles. The quantitative estimate of drug-likeness (QED) is 0.890. The molecule has 92 valence electrons. The van der Waals surface area contributed by atoms with Gasteiger partial charge in [-0.25, -0.2) is 0 Å². The molecule has 0 saturated carbocycles. The van der Waals surface area contributed by atoms with Crippen LogP contribution in [0.1, 0.15) is 25.1 Å². The van der Waals surface area contributed by atoms with Gasteiger partial charge in [0.1, 0.15) is 11.8 Å². The van der Waals surface area contributed by atoms with Crippen LogP contribution in [0, 0.1) is 0 Å². The molecule has 0 bridgehead atoms. The van der Waals surface area contributed by atoms with E-state index in [0.717, 1.165) is 40.0 Å². The molecule has 2 rings (SSSR count). The van der Waals surface area contributed by atoms with Crippen LogP contribution in [0.4, 0.5) is 0 Å². The minimum atomic E-state index is 0.0324. The predicted octanol–water partition coefficient (Wildman–Crippen LogP) is 3.56. The third kappa shape index (κ3) is 3.09. The van der Waals surface area contributed by atoms with Gasteiger partial charge in [-0.15, -0.1) is 0 Å². The first kappa shape index (κ1) is 13.1. The van der Waals surface area contributed by atoms with E-state index in [9.17, 15) is 0 Å². The Balaban J connectivity index is 2.31. The number of nitrogens with zero attached hydrogens (tertiary/aromatic N) is 1. The van der Waals surface area contributed by atoms with E-state index in [1.807, 2.05) is 6.07 Å². The summed E-state index contributed by atoms with van der Waals surface area (Å²) >= 11 is 6.96. The highest BCUT2D eigenvalue weighted by atomic mass is 79.9. The average molecular weight is 362 g/mol. The molecule has 0 radical (unpaired) electrons. The number of aromatic nitrogens is 1. The second-order valence-electron chi connectivity index (χ2n) is 3.75. The Bertz CT molecular complexity index is 435. The van der Waals surface area contributed by atoms with Crippen LogP contribution in [0.25, 0.3) is 0 Å². The summed E-state index contributed by atoms with van der Waals surface area (Å²) in [4.78, 5) is 4.46. The Morgan fingerprint density at radius 3 is 2.94 bits per heavy atom. The summed E-state index contributed by atoms with van der Waals surface area (Å²) in [6.45, 7) is 3.72. The number of nitrogens with one attached hydrogen (secondary N) is 1. The predicted molar refractivity (Wildman–Crippen MR) is 74.7 cm³/mol. The van der Waals surface area contributed by atoms with Gasteiger partial charge in [-0.05, 0) is 50.5 Å². The van der Waals surface area contributed by atoms with Crippen molar-refractivity contribution in [2.75, 3.05) is 13.2 Å². The van der Waals surface area contributed by atoms with Crippen molar-refractivity contribution in [3.63, 3.8) is 0 Å². The van der Waals surface area contributed by atoms with Crippen LogP contribution >= 0.6 is 31.9 Å². The van der Waals surface area contributed by atoms with E-state index in [2.05, 4.69) is 55.2 Å². The molecule has 0 saturated heterocycles. The van der Waals surface area contributed by atoms with E-state index in [1.54, 1.807) is 6.20 Å². The molecule has 0 fully saturated rings. The standard InChI is InChI=1S/C12H14Br2N2O/c1-2-15-12(10-4-3-5-17-10)11-9(14)6-8(13)7-16-11/h4,6-7,12,15H,2-3,5H2,1H3. The Kier molecular flexibility index (Phi) is 4.59. The zero-order valence-electron chi connectivity index (χ0n) is 9.54. The highest BCUT2D eigenvalue weighted by Crippen LogP contribution is 2.31. The summed E-state index contributed by atoms with van der Waals surface area (Å²) in [6, 6.07) is 2.03. The largest absolute Gasteiger partial charge is 0.496 e. The van der Waals surface area contributed by atoms with E-state index < -0.39 is 0 Å². The minimum absolute atomic E-state index is 0.0324. The van der Waals surface area contributed by atoms with E-state index in [-0.39, 0.29) is 6.04 Å². The highest BCUT2D eigenvalue weighted by molar-refractivity contribution is 9.11. The average Bonchev–Trinajstić information content (AvgIpc) is 2.80. The molecule has 2 heterocycles. The summed E-state index contributed by atoms with van der Waals surface area (Å²) in [7, 11) is 0. The Labute approximate surface area is 118 Å². The molecule has 1 unspecified atom stereocenters. The SMILES string of the molecule is CCNC(C1=CCCO1)c1ncc(Br)cc1Br. The number of hydrogen-bond donors (Lipinski definition) is 1. The Hall–Kier alpha value is -0.390. The monoisotopic (exact) mass is 360 g/mol. The lowest BCUT2D eigenvalue weighted by atomic mass is 10.1. The lowest BCUT2D eigenvalue weighted by Gasteiger charge is -2.19. The fourth-order valence-corrected chi connectivity index (χ4v) is 3.03. The second kappa shape index (κ2) is 5.98. The van der Waals surface area contributed by atoms with Gasteiger partial charge in [-0.1, -0.05) is 6.92 Å². The molecule has 3 nitrogen and oxygen atoms in total. The van der Waals surface area contributed by atoms with Crippen LogP contribution in [-0.4, -0.2) is 18.1 Å². The number of hydrogen-bond acceptors (Lipinski definition) is 3. The smallest absolute Gasteiger partial charge is 0.115 e. The molecular weight excluding hydrogens is 348 g/mol. The van der Waals surface area contributed by atoms with Gasteiger partial charge >= 0.3 is 0 Å². The maximum Gasteiger partial charge on any atom is 0.115 e. The Morgan fingerprint density at radius 1 is 1.53 bits per heavy atom. The molecule has 0 spiro atoms. The molecular formula is C12H14Br2N2O. The van der Waals surface area contributed by atoms with Crippen LogP contribution in [0.3, 0.4) is 0 Å². The van der Waals surface area contributed by atoms with Gasteiger partial charge in [0.05, 0.1) is 12.3 Å². The number of pyridine rings is 1. The number of halogens is 2. The van der Waals surface area contributed by atoms with Gasteiger partial charge in [0.15, 0.2) is 0 Å². The van der Waals surface area contributed by atoms with Crippen molar-refractivity contribution in [3.8, 4) is 0 Å². The molecule has 0 aliphatic carbocycles. The maximum absolute atomic E-state index is 5.63. The second-order valence-corrected chi connectivity index (χ2v) is 5.52. The maximum atomic E-state index is 5.63. The summed E-state index contributed by atoms with van der Waals surface area (Å²) in [5.74, 6) is 0.974. The van der Waals surface area contributed by atoms with Crippen LogP contribution < -0.4 is 5.32 Å². The van der Waals surface area contributed by atoms with Gasteiger partial charge in [-0.2, -0.15) is 0 Å². The van der Waals surface area contributed by atoms with E-state index >= 15 is 0 Å². The third-order valence-electron chi connectivity index (χ3n) is 2.53. The fraction of sp³-hybridized carbons (Fsp3) is 0.417. The molecule has 1 aliphatic heterocycles. The summed E-state index contributed by atoms with van der Waals surface area (Å²) in [5.41, 5.74) is 0.961. The number of rotatable bonds is 4. The van der Waals surface area contributed by atoms with Crippen molar-refractivity contribution in [1.82, 2.24) is 10.3 Å². The molecule has 1 N–H and O–H groups in total. The van der Waals surface area contributed by atoms with Gasteiger partial charge in [0.25, 0.3) is 0 Å². The molecule has 0 amide bonds. The molecule has 1 aromatic rings. The summed E-state index contributed by atoms with van der Waals surface area (Å²) in [5, 5.41) is 3.40. The molecule has 1 atom stereocenters. The fourth-order valence-electron chi connectivity index (χ4n) is 1.81. The van der Waals surface area contributed by atoms with Crippen molar-refractivity contribution in [2.45, 2.75) is 19.4 Å². The van der Waals surface area contributed by atoms with Crippen molar-refractivity contribution < 1.29 is 4.74 Å². The number of ether oxygens (including phenoxy) is 1. The van der Waals surface area contributed by atoms with Crippen LogP contribution in [0.15, 0.2) is 33.0 Å². The third-order valence-corrected chi connectivity index (χ3v) is 3.60. The van der Waals surface area contributed by atoms with Crippen LogP contribution in [-0.2, 0) is 4.74 Å². The van der Waals surface area contributed by atoms with Crippen molar-refractivity contribution >= 4 is 31.9 Å². The molecule has 5 heteroatoms. The first-order valence-corrected chi connectivity index (χ1v) is 7.18. The van der Waals surface area contributed by atoms with E-state index in [4.69, 9.17) is 4.74 Å². The van der Waals surface area contributed by atoms with Crippen LogP contribution in [0.2, 0.25) is 0 Å². The van der Waals surface area contributed by atoms with Crippen molar-refractivity contribution in [2.24, 2.45) is 0 Å². The van der Waals surface area contributed by atoms with Gasteiger partial charge in [0.2, 0.25) is 0 Å². The van der Waals surface area contributed by atoms with Gasteiger partial charge < -0.3 is 10.1 Å². The lowest BCUT2D eigenvalue weighted by Crippen LogP contribution is -2.24. The first-order valence-electron chi connectivity index (χ1n) is 5.59. The minimum Gasteiger partial charge on any atom is -0.496 e. The normalized spacial score (nSPS) is 16.5. The highest BCUT2D eigenvalue weighted by Gasteiger charge is 2.23. The van der Waals surface area contributed by atoms with Gasteiger partial charge in [-0.3, -0.25) is 4.98 Å². The summed E-state index contributed by atoms with van der Waals surface area (Å²) in [6.07, 6.45) is 4.91. The van der Waals surface area contributed by atoms with Crippen LogP contribution in [0.5, 0.6) is 0 Å². The first-order chi connectivity index (χ1) is 8.22. The zero-order chi connectivity index (χ0) is 12.3. The van der Waals surface area contributed by atoms with Crippen molar-refractivity contribution in [3.05, 3.63) is 38.7 Å². The number of likely N-dealkylation sites (N-methyl/N-ethyl adjacent to an activating group) is 1.